The topological polar surface area (TPSA) is 20.2 Å². The van der Waals surface area contributed by atoms with E-state index in [9.17, 15) is 13.9 Å². The highest BCUT2D eigenvalue weighted by atomic mass is 19.1. The molecule has 0 saturated heterocycles. The van der Waals surface area contributed by atoms with E-state index in [1.54, 1.807) is 6.92 Å². The molecule has 0 saturated carbocycles. The number of benzene rings is 1. The fourth-order valence-electron chi connectivity index (χ4n) is 1.84. The number of aliphatic hydroxyl groups is 1. The van der Waals surface area contributed by atoms with E-state index in [2.05, 4.69) is 0 Å². The van der Waals surface area contributed by atoms with Gasteiger partial charge < -0.3 is 5.11 Å². The molecule has 1 N–H and O–H groups in total. The Morgan fingerprint density at radius 3 is 2.19 bits per heavy atom. The van der Waals surface area contributed by atoms with Crippen LogP contribution < -0.4 is 0 Å². The second kappa shape index (κ2) is 4.91. The van der Waals surface area contributed by atoms with E-state index in [4.69, 9.17) is 0 Å². The van der Waals surface area contributed by atoms with Crippen LogP contribution in [0.15, 0.2) is 18.2 Å². The smallest absolute Gasteiger partial charge is 0.126 e. The zero-order valence-corrected chi connectivity index (χ0v) is 9.93. The first kappa shape index (κ1) is 13.1. The van der Waals surface area contributed by atoms with Gasteiger partial charge >= 0.3 is 0 Å². The minimum atomic E-state index is -1.20. The Hall–Kier alpha value is -0.960. The summed E-state index contributed by atoms with van der Waals surface area (Å²) < 4.78 is 26.1. The van der Waals surface area contributed by atoms with Crippen LogP contribution in [-0.2, 0) is 5.60 Å². The van der Waals surface area contributed by atoms with Crippen molar-refractivity contribution in [3.63, 3.8) is 0 Å². The molecule has 1 rings (SSSR count). The molecule has 1 aromatic carbocycles. The van der Waals surface area contributed by atoms with Gasteiger partial charge in [-0.05, 0) is 37.0 Å². The van der Waals surface area contributed by atoms with Crippen LogP contribution in [0.5, 0.6) is 0 Å². The fraction of sp³-hybridized carbons (Fsp3) is 0.538. The lowest BCUT2D eigenvalue weighted by Gasteiger charge is -2.30. The average molecular weight is 228 g/mol. The van der Waals surface area contributed by atoms with Crippen LogP contribution in [0.4, 0.5) is 8.78 Å². The Labute approximate surface area is 95.1 Å². The van der Waals surface area contributed by atoms with Gasteiger partial charge in [-0.15, -0.1) is 0 Å². The second-order valence-corrected chi connectivity index (χ2v) is 4.50. The number of hydrogen-bond acceptors (Lipinski definition) is 1. The van der Waals surface area contributed by atoms with Crippen molar-refractivity contribution in [2.45, 2.75) is 39.2 Å². The third-order valence-electron chi connectivity index (χ3n) is 3.13. The van der Waals surface area contributed by atoms with Gasteiger partial charge in [0.05, 0.1) is 5.60 Å². The van der Waals surface area contributed by atoms with Crippen LogP contribution in [0.2, 0.25) is 0 Å². The summed E-state index contributed by atoms with van der Waals surface area (Å²) in [5, 5.41) is 10.3. The molecule has 1 nitrogen and oxygen atoms in total. The summed E-state index contributed by atoms with van der Waals surface area (Å²) in [4.78, 5) is 0. The lowest BCUT2D eigenvalue weighted by molar-refractivity contribution is -0.00272. The minimum absolute atomic E-state index is 0.0429. The molecule has 0 aromatic heterocycles. The summed E-state index contributed by atoms with van der Waals surface area (Å²) >= 11 is 0. The van der Waals surface area contributed by atoms with E-state index in [0.29, 0.717) is 5.56 Å². The van der Waals surface area contributed by atoms with Gasteiger partial charge in [-0.1, -0.05) is 20.3 Å². The van der Waals surface area contributed by atoms with Gasteiger partial charge in [0.15, 0.2) is 0 Å². The third-order valence-corrected chi connectivity index (χ3v) is 3.13. The van der Waals surface area contributed by atoms with E-state index in [1.165, 1.54) is 12.1 Å². The third kappa shape index (κ3) is 2.79. The van der Waals surface area contributed by atoms with Gasteiger partial charge in [-0.2, -0.15) is 0 Å². The molecule has 16 heavy (non-hydrogen) atoms. The molecular weight excluding hydrogens is 210 g/mol. The van der Waals surface area contributed by atoms with Crippen molar-refractivity contribution in [3.05, 3.63) is 35.4 Å². The van der Waals surface area contributed by atoms with Crippen LogP contribution in [0.1, 0.15) is 39.2 Å². The molecule has 2 unspecified atom stereocenters. The molecule has 0 aliphatic heterocycles. The molecule has 0 amide bonds. The maximum atomic E-state index is 13.1. The summed E-state index contributed by atoms with van der Waals surface area (Å²) in [5.41, 5.74) is -0.898. The molecular formula is C13H18F2O. The van der Waals surface area contributed by atoms with Gasteiger partial charge in [-0.25, -0.2) is 8.78 Å². The van der Waals surface area contributed by atoms with Crippen molar-refractivity contribution in [2.24, 2.45) is 5.92 Å². The molecule has 0 aliphatic rings. The summed E-state index contributed by atoms with van der Waals surface area (Å²) in [6.45, 7) is 5.49. The summed E-state index contributed by atoms with van der Waals surface area (Å²) in [6.07, 6.45) is 1.74. The Morgan fingerprint density at radius 1 is 1.25 bits per heavy atom. The minimum Gasteiger partial charge on any atom is -0.385 e. The highest BCUT2D eigenvalue weighted by Gasteiger charge is 2.30. The Morgan fingerprint density at radius 2 is 1.75 bits per heavy atom. The van der Waals surface area contributed by atoms with Gasteiger partial charge in [0.2, 0.25) is 0 Å². The first-order chi connectivity index (χ1) is 7.37. The van der Waals surface area contributed by atoms with E-state index >= 15 is 0 Å². The number of rotatable bonds is 4. The molecule has 0 bridgehead atoms. The Balaban J connectivity index is 3.05. The van der Waals surface area contributed by atoms with Crippen LogP contribution >= 0.6 is 0 Å². The van der Waals surface area contributed by atoms with E-state index in [0.717, 1.165) is 18.9 Å². The maximum Gasteiger partial charge on any atom is 0.126 e. The predicted molar refractivity (Wildman–Crippen MR) is 60.0 cm³/mol. The fourth-order valence-corrected chi connectivity index (χ4v) is 1.84. The van der Waals surface area contributed by atoms with E-state index in [1.807, 2.05) is 13.8 Å². The van der Waals surface area contributed by atoms with Crippen molar-refractivity contribution in [1.82, 2.24) is 0 Å². The monoisotopic (exact) mass is 228 g/mol. The van der Waals surface area contributed by atoms with Crippen molar-refractivity contribution in [2.75, 3.05) is 0 Å². The summed E-state index contributed by atoms with van der Waals surface area (Å²) in [6, 6.07) is 3.19. The Kier molecular flexibility index (Phi) is 4.03. The van der Waals surface area contributed by atoms with Crippen molar-refractivity contribution in [3.8, 4) is 0 Å². The molecule has 90 valence electrons. The molecule has 1 aromatic rings. The van der Waals surface area contributed by atoms with Crippen LogP contribution in [0, 0.1) is 17.6 Å². The maximum absolute atomic E-state index is 13.1. The zero-order chi connectivity index (χ0) is 12.3. The van der Waals surface area contributed by atoms with Crippen molar-refractivity contribution < 1.29 is 13.9 Å². The van der Waals surface area contributed by atoms with Gasteiger partial charge in [-0.3, -0.25) is 0 Å². The van der Waals surface area contributed by atoms with E-state index < -0.39 is 17.2 Å². The number of hydrogen-bond donors (Lipinski definition) is 1. The molecule has 0 radical (unpaired) electrons. The van der Waals surface area contributed by atoms with Crippen LogP contribution in [-0.4, -0.2) is 5.11 Å². The molecule has 3 heteroatoms. The zero-order valence-electron chi connectivity index (χ0n) is 9.93. The first-order valence-corrected chi connectivity index (χ1v) is 5.57. The molecule has 2 atom stereocenters. The second-order valence-electron chi connectivity index (χ2n) is 4.50. The standard InChI is InChI=1S/C13H18F2O/c1-4-5-9(2)13(3,16)10-6-11(14)8-12(15)7-10/h6-9,16H,4-5H2,1-3H3. The molecule has 0 fully saturated rings. The average Bonchev–Trinajstić information content (AvgIpc) is 2.16. The largest absolute Gasteiger partial charge is 0.385 e. The lowest BCUT2D eigenvalue weighted by Crippen LogP contribution is -2.30. The summed E-state index contributed by atoms with van der Waals surface area (Å²) in [7, 11) is 0. The normalized spacial score (nSPS) is 16.9. The number of halogens is 2. The Bertz CT molecular complexity index is 341. The van der Waals surface area contributed by atoms with Gasteiger partial charge in [0, 0.05) is 6.07 Å². The molecule has 0 aliphatic carbocycles. The van der Waals surface area contributed by atoms with Crippen LogP contribution in [0.3, 0.4) is 0 Å². The summed E-state index contributed by atoms with van der Waals surface area (Å²) in [5.74, 6) is -1.35. The highest BCUT2D eigenvalue weighted by Crippen LogP contribution is 2.32. The highest BCUT2D eigenvalue weighted by molar-refractivity contribution is 5.24. The predicted octanol–water partition coefficient (Wildman–Crippen LogP) is 3.61. The van der Waals surface area contributed by atoms with Crippen molar-refractivity contribution >= 4 is 0 Å². The van der Waals surface area contributed by atoms with Crippen molar-refractivity contribution in [1.29, 1.82) is 0 Å². The first-order valence-electron chi connectivity index (χ1n) is 5.57. The lowest BCUT2D eigenvalue weighted by atomic mass is 9.81. The molecule has 0 heterocycles. The van der Waals surface area contributed by atoms with Crippen LogP contribution in [0.25, 0.3) is 0 Å². The SMILES string of the molecule is CCCC(C)C(C)(O)c1cc(F)cc(F)c1. The van der Waals surface area contributed by atoms with E-state index in [-0.39, 0.29) is 5.92 Å². The molecule has 0 spiro atoms. The van der Waals surface area contributed by atoms with Gasteiger partial charge in [0.25, 0.3) is 0 Å². The quantitative estimate of drug-likeness (QED) is 0.834. The van der Waals surface area contributed by atoms with Gasteiger partial charge in [0.1, 0.15) is 11.6 Å².